The molecule has 0 aliphatic carbocycles. The molecule has 1 nitrogen and oxygen atoms in total. The lowest BCUT2D eigenvalue weighted by Crippen LogP contribution is -2.20. The summed E-state index contributed by atoms with van der Waals surface area (Å²) in [4.78, 5) is 0. The van der Waals surface area contributed by atoms with Gasteiger partial charge in [-0.3, -0.25) is 0 Å². The van der Waals surface area contributed by atoms with E-state index in [2.05, 4.69) is 19.2 Å². The van der Waals surface area contributed by atoms with Gasteiger partial charge in [-0.05, 0) is 20.4 Å². The van der Waals surface area contributed by atoms with Crippen molar-refractivity contribution in [3.8, 4) is 0 Å². The predicted octanol–water partition coefficient (Wildman–Crippen LogP) is 2.17. The topological polar surface area (TPSA) is 12.0 Å². The summed E-state index contributed by atoms with van der Waals surface area (Å²) in [5.74, 6) is 0. The van der Waals surface area contributed by atoms with E-state index in [9.17, 15) is 0 Å². The zero-order chi connectivity index (χ0) is 7.11. The molecule has 0 fully saturated rings. The summed E-state index contributed by atoms with van der Waals surface area (Å²) in [6, 6.07) is 0.705. The Morgan fingerprint density at radius 3 is 2.44 bits per heavy atom. The van der Waals surface area contributed by atoms with Crippen LogP contribution < -0.4 is 5.32 Å². The van der Waals surface area contributed by atoms with Gasteiger partial charge in [-0.25, -0.2) is 0 Å². The highest BCUT2D eigenvalue weighted by atomic mass is 14.8. The second-order valence-corrected chi connectivity index (χ2v) is 2.69. The lowest BCUT2D eigenvalue weighted by Gasteiger charge is -2.07. The van der Waals surface area contributed by atoms with E-state index in [4.69, 9.17) is 0 Å². The summed E-state index contributed by atoms with van der Waals surface area (Å²) in [7, 11) is 2.02. The second-order valence-electron chi connectivity index (χ2n) is 2.69. The molecule has 0 spiro atoms. The maximum atomic E-state index is 3.22. The van der Waals surface area contributed by atoms with Crippen molar-refractivity contribution in [2.45, 2.75) is 45.6 Å². The Labute approximate surface area is 58.8 Å². The summed E-state index contributed by atoms with van der Waals surface area (Å²) in [5, 5.41) is 3.22. The van der Waals surface area contributed by atoms with Crippen LogP contribution in [0, 0.1) is 0 Å². The zero-order valence-electron chi connectivity index (χ0n) is 6.91. The first-order valence-electron chi connectivity index (χ1n) is 3.98. The lowest BCUT2D eigenvalue weighted by atomic mass is 10.1. The van der Waals surface area contributed by atoms with Gasteiger partial charge in [0, 0.05) is 6.04 Å². The SMILES string of the molecule is CCCCC[C@H](C)NC. The van der Waals surface area contributed by atoms with Crippen LogP contribution in [-0.4, -0.2) is 13.1 Å². The average molecular weight is 129 g/mol. The van der Waals surface area contributed by atoms with Crippen LogP contribution >= 0.6 is 0 Å². The summed E-state index contributed by atoms with van der Waals surface area (Å²) >= 11 is 0. The van der Waals surface area contributed by atoms with Crippen LogP contribution in [-0.2, 0) is 0 Å². The summed E-state index contributed by atoms with van der Waals surface area (Å²) < 4.78 is 0. The molecular formula is C8H19N. The fourth-order valence-corrected chi connectivity index (χ4v) is 0.845. The van der Waals surface area contributed by atoms with E-state index in [1.54, 1.807) is 0 Å². The van der Waals surface area contributed by atoms with Crippen molar-refractivity contribution in [3.05, 3.63) is 0 Å². The van der Waals surface area contributed by atoms with Gasteiger partial charge in [0.2, 0.25) is 0 Å². The molecule has 0 heterocycles. The normalized spacial score (nSPS) is 13.7. The highest BCUT2D eigenvalue weighted by molar-refractivity contribution is 4.55. The molecule has 0 saturated heterocycles. The Morgan fingerprint density at radius 1 is 1.33 bits per heavy atom. The van der Waals surface area contributed by atoms with Gasteiger partial charge in [-0.2, -0.15) is 0 Å². The lowest BCUT2D eigenvalue weighted by molar-refractivity contribution is 0.525. The Balaban J connectivity index is 2.88. The Hall–Kier alpha value is -0.0400. The minimum absolute atomic E-state index is 0.705. The van der Waals surface area contributed by atoms with Crippen molar-refractivity contribution >= 4 is 0 Å². The van der Waals surface area contributed by atoms with Crippen LogP contribution in [0.2, 0.25) is 0 Å². The van der Waals surface area contributed by atoms with Crippen LogP contribution in [0.5, 0.6) is 0 Å². The molecule has 9 heavy (non-hydrogen) atoms. The summed E-state index contributed by atoms with van der Waals surface area (Å²) in [5.41, 5.74) is 0. The Bertz CT molecular complexity index is 52.5. The van der Waals surface area contributed by atoms with E-state index in [1.165, 1.54) is 25.7 Å². The van der Waals surface area contributed by atoms with E-state index in [1.807, 2.05) is 7.05 Å². The van der Waals surface area contributed by atoms with E-state index in [-0.39, 0.29) is 0 Å². The zero-order valence-corrected chi connectivity index (χ0v) is 6.91. The monoisotopic (exact) mass is 129 g/mol. The molecule has 0 unspecified atom stereocenters. The molecule has 0 aromatic carbocycles. The average Bonchev–Trinajstić information content (AvgIpc) is 1.89. The second kappa shape index (κ2) is 6.09. The number of unbranched alkanes of at least 4 members (excludes halogenated alkanes) is 2. The third kappa shape index (κ3) is 5.84. The quantitative estimate of drug-likeness (QED) is 0.561. The first-order chi connectivity index (χ1) is 4.31. The van der Waals surface area contributed by atoms with Gasteiger partial charge < -0.3 is 5.32 Å². The molecular weight excluding hydrogens is 110 g/mol. The van der Waals surface area contributed by atoms with Gasteiger partial charge in [0.1, 0.15) is 0 Å². The van der Waals surface area contributed by atoms with Crippen molar-refractivity contribution in [2.75, 3.05) is 7.05 Å². The molecule has 0 amide bonds. The Kier molecular flexibility index (Phi) is 6.06. The molecule has 0 aromatic rings. The molecule has 1 atom stereocenters. The highest BCUT2D eigenvalue weighted by Gasteiger charge is 1.94. The minimum Gasteiger partial charge on any atom is -0.317 e. The molecule has 0 aliphatic rings. The largest absolute Gasteiger partial charge is 0.317 e. The van der Waals surface area contributed by atoms with Gasteiger partial charge in [0.05, 0.1) is 0 Å². The number of nitrogens with one attached hydrogen (secondary N) is 1. The molecule has 0 aliphatic heterocycles. The molecule has 1 N–H and O–H groups in total. The summed E-state index contributed by atoms with van der Waals surface area (Å²) in [6.07, 6.45) is 5.41. The molecule has 0 aromatic heterocycles. The van der Waals surface area contributed by atoms with E-state index < -0.39 is 0 Å². The van der Waals surface area contributed by atoms with Gasteiger partial charge in [-0.1, -0.05) is 26.2 Å². The first kappa shape index (κ1) is 8.96. The van der Waals surface area contributed by atoms with Crippen molar-refractivity contribution in [1.82, 2.24) is 5.32 Å². The van der Waals surface area contributed by atoms with Crippen molar-refractivity contribution in [3.63, 3.8) is 0 Å². The van der Waals surface area contributed by atoms with Crippen molar-refractivity contribution in [1.29, 1.82) is 0 Å². The molecule has 0 rings (SSSR count). The third-order valence-corrected chi connectivity index (χ3v) is 1.73. The third-order valence-electron chi connectivity index (χ3n) is 1.73. The van der Waals surface area contributed by atoms with E-state index >= 15 is 0 Å². The number of hydrogen-bond donors (Lipinski definition) is 1. The standard InChI is InChI=1S/C8H19N/c1-4-5-6-7-8(2)9-3/h8-9H,4-7H2,1-3H3/t8-/m0/s1. The van der Waals surface area contributed by atoms with Crippen LogP contribution in [0.3, 0.4) is 0 Å². The van der Waals surface area contributed by atoms with Crippen LogP contribution in [0.15, 0.2) is 0 Å². The fraction of sp³-hybridized carbons (Fsp3) is 1.00. The number of rotatable bonds is 5. The number of hydrogen-bond acceptors (Lipinski definition) is 1. The van der Waals surface area contributed by atoms with Crippen LogP contribution in [0.25, 0.3) is 0 Å². The Morgan fingerprint density at radius 2 is 2.00 bits per heavy atom. The van der Waals surface area contributed by atoms with Gasteiger partial charge in [-0.15, -0.1) is 0 Å². The predicted molar refractivity (Wildman–Crippen MR) is 42.7 cm³/mol. The smallest absolute Gasteiger partial charge is 0.00357 e. The minimum atomic E-state index is 0.705. The van der Waals surface area contributed by atoms with Gasteiger partial charge in [0.15, 0.2) is 0 Å². The van der Waals surface area contributed by atoms with Gasteiger partial charge >= 0.3 is 0 Å². The van der Waals surface area contributed by atoms with E-state index in [0.29, 0.717) is 6.04 Å². The molecule has 0 saturated carbocycles. The van der Waals surface area contributed by atoms with Crippen LogP contribution in [0.1, 0.15) is 39.5 Å². The molecule has 0 radical (unpaired) electrons. The van der Waals surface area contributed by atoms with Crippen molar-refractivity contribution < 1.29 is 0 Å². The van der Waals surface area contributed by atoms with Gasteiger partial charge in [0.25, 0.3) is 0 Å². The van der Waals surface area contributed by atoms with Crippen LogP contribution in [0.4, 0.5) is 0 Å². The fourth-order valence-electron chi connectivity index (χ4n) is 0.845. The highest BCUT2D eigenvalue weighted by Crippen LogP contribution is 2.01. The molecule has 0 bridgehead atoms. The summed E-state index contributed by atoms with van der Waals surface area (Å²) in [6.45, 7) is 4.47. The van der Waals surface area contributed by atoms with Crippen molar-refractivity contribution in [2.24, 2.45) is 0 Å². The first-order valence-corrected chi connectivity index (χ1v) is 3.98. The molecule has 1 heteroatoms. The molecule has 56 valence electrons. The van der Waals surface area contributed by atoms with E-state index in [0.717, 1.165) is 0 Å². The maximum Gasteiger partial charge on any atom is 0.00357 e. The maximum absolute atomic E-state index is 3.22.